The van der Waals surface area contributed by atoms with Crippen molar-refractivity contribution in [2.24, 2.45) is 11.3 Å². The summed E-state index contributed by atoms with van der Waals surface area (Å²) in [7, 11) is 0. The summed E-state index contributed by atoms with van der Waals surface area (Å²) in [5, 5.41) is 11.8. The van der Waals surface area contributed by atoms with Crippen molar-refractivity contribution >= 4 is 17.7 Å². The number of halogens is 2. The Morgan fingerprint density at radius 2 is 2.14 bits per heavy atom. The summed E-state index contributed by atoms with van der Waals surface area (Å²) in [5.74, 6) is -2.35. The van der Waals surface area contributed by atoms with E-state index in [1.807, 2.05) is 0 Å². The number of nitrogens with one attached hydrogen (secondary N) is 1. The zero-order valence-corrected chi connectivity index (χ0v) is 11.8. The van der Waals surface area contributed by atoms with E-state index in [4.69, 9.17) is 0 Å². The van der Waals surface area contributed by atoms with Gasteiger partial charge in [0.2, 0.25) is 0 Å². The molecule has 1 saturated carbocycles. The van der Waals surface area contributed by atoms with Crippen molar-refractivity contribution in [2.75, 3.05) is 18.4 Å². The molecule has 2 atom stereocenters. The van der Waals surface area contributed by atoms with E-state index in [1.54, 1.807) is 0 Å². The number of nitrogens with zero attached hydrogens (tertiary/aromatic N) is 1. The van der Waals surface area contributed by atoms with Crippen LogP contribution in [0.15, 0.2) is 18.2 Å². The smallest absolute Gasteiger partial charge is 0.321 e. The Balaban J connectivity index is 1.75. The lowest BCUT2D eigenvalue weighted by atomic mass is 9.81. The van der Waals surface area contributed by atoms with Gasteiger partial charge >= 0.3 is 12.0 Å². The number of carbonyl (C=O) groups is 2. The van der Waals surface area contributed by atoms with Crippen LogP contribution in [0.4, 0.5) is 19.3 Å². The van der Waals surface area contributed by atoms with Gasteiger partial charge in [-0.1, -0.05) is 6.42 Å². The lowest BCUT2D eigenvalue weighted by Gasteiger charge is -2.23. The Labute approximate surface area is 125 Å². The molecule has 118 valence electrons. The molecule has 5 nitrogen and oxygen atoms in total. The fourth-order valence-corrected chi connectivity index (χ4v) is 3.58. The van der Waals surface area contributed by atoms with Crippen LogP contribution in [0.1, 0.15) is 19.3 Å². The minimum Gasteiger partial charge on any atom is -0.481 e. The van der Waals surface area contributed by atoms with E-state index in [-0.39, 0.29) is 18.2 Å². The number of rotatable bonds is 2. The van der Waals surface area contributed by atoms with Gasteiger partial charge in [-0.15, -0.1) is 0 Å². The van der Waals surface area contributed by atoms with E-state index < -0.39 is 29.0 Å². The number of hydrogen-bond donors (Lipinski definition) is 2. The van der Waals surface area contributed by atoms with E-state index in [1.165, 1.54) is 4.90 Å². The van der Waals surface area contributed by atoms with E-state index in [0.29, 0.717) is 13.0 Å². The first-order valence-corrected chi connectivity index (χ1v) is 7.17. The largest absolute Gasteiger partial charge is 0.481 e. The molecule has 2 fully saturated rings. The maximum absolute atomic E-state index is 13.6. The molecule has 0 radical (unpaired) electrons. The quantitative estimate of drug-likeness (QED) is 0.882. The molecule has 0 aromatic heterocycles. The van der Waals surface area contributed by atoms with Crippen molar-refractivity contribution in [1.82, 2.24) is 4.90 Å². The Bertz CT molecular complexity index is 637. The minimum atomic E-state index is -0.891. The van der Waals surface area contributed by atoms with Crippen LogP contribution in [0.2, 0.25) is 0 Å². The number of anilines is 1. The number of likely N-dealkylation sites (tertiary alicyclic amines) is 1. The lowest BCUT2D eigenvalue weighted by Crippen LogP contribution is -2.38. The van der Waals surface area contributed by atoms with Gasteiger partial charge in [0, 0.05) is 19.2 Å². The first-order valence-electron chi connectivity index (χ1n) is 7.17. The summed E-state index contributed by atoms with van der Waals surface area (Å²) in [4.78, 5) is 25.1. The van der Waals surface area contributed by atoms with E-state index >= 15 is 0 Å². The van der Waals surface area contributed by atoms with Crippen LogP contribution in [0.3, 0.4) is 0 Å². The molecule has 1 heterocycles. The second-order valence-electron chi connectivity index (χ2n) is 5.99. The number of urea groups is 1. The molecule has 2 N–H and O–H groups in total. The summed E-state index contributed by atoms with van der Waals surface area (Å²) in [5.41, 5.74) is -1.14. The van der Waals surface area contributed by atoms with Gasteiger partial charge in [0.15, 0.2) is 0 Å². The van der Waals surface area contributed by atoms with Gasteiger partial charge in [0.25, 0.3) is 0 Å². The number of carbonyl (C=O) groups excluding carboxylic acids is 1. The van der Waals surface area contributed by atoms with Gasteiger partial charge in [-0.2, -0.15) is 0 Å². The number of carboxylic acids is 1. The predicted octanol–water partition coefficient (Wildman–Crippen LogP) is 2.68. The second-order valence-corrected chi connectivity index (χ2v) is 5.99. The summed E-state index contributed by atoms with van der Waals surface area (Å²) < 4.78 is 26.7. The van der Waals surface area contributed by atoms with E-state index in [0.717, 1.165) is 31.0 Å². The highest BCUT2D eigenvalue weighted by Crippen LogP contribution is 2.48. The molecule has 1 aliphatic heterocycles. The van der Waals surface area contributed by atoms with Crippen LogP contribution < -0.4 is 5.32 Å². The molecule has 22 heavy (non-hydrogen) atoms. The third kappa shape index (κ3) is 2.30. The van der Waals surface area contributed by atoms with Crippen molar-refractivity contribution in [3.8, 4) is 0 Å². The number of amides is 2. The van der Waals surface area contributed by atoms with Crippen molar-refractivity contribution in [2.45, 2.75) is 19.3 Å². The summed E-state index contributed by atoms with van der Waals surface area (Å²) in [6, 6.07) is 2.20. The first-order chi connectivity index (χ1) is 10.4. The highest BCUT2D eigenvalue weighted by Gasteiger charge is 2.55. The Kier molecular flexibility index (Phi) is 3.50. The van der Waals surface area contributed by atoms with Crippen LogP contribution in [-0.4, -0.2) is 35.1 Å². The predicted molar refractivity (Wildman–Crippen MR) is 74.4 cm³/mol. The molecule has 1 aromatic carbocycles. The standard InChI is InChI=1S/C15H16F2N2O3/c16-10-3-4-11(17)12(6-10)18-14(22)19-7-9-2-1-5-15(9,8-19)13(20)21/h3-4,6,9H,1-2,5,7-8H2,(H,18,22)(H,20,21)/t9-,15+/m0/s1. The monoisotopic (exact) mass is 310 g/mol. The molecular weight excluding hydrogens is 294 g/mol. The average molecular weight is 310 g/mol. The molecule has 0 unspecified atom stereocenters. The zero-order chi connectivity index (χ0) is 15.9. The van der Waals surface area contributed by atoms with Crippen LogP contribution in [0.25, 0.3) is 0 Å². The van der Waals surface area contributed by atoms with Gasteiger partial charge in [-0.3, -0.25) is 4.79 Å². The van der Waals surface area contributed by atoms with Gasteiger partial charge in [0.05, 0.1) is 11.1 Å². The number of fused-ring (bicyclic) bond motifs is 1. The Morgan fingerprint density at radius 3 is 2.82 bits per heavy atom. The van der Waals surface area contributed by atoms with Gasteiger partial charge in [-0.25, -0.2) is 13.6 Å². The average Bonchev–Trinajstić information content (AvgIpc) is 3.00. The van der Waals surface area contributed by atoms with Gasteiger partial charge < -0.3 is 15.3 Å². The Morgan fingerprint density at radius 1 is 1.36 bits per heavy atom. The fraction of sp³-hybridized carbons (Fsp3) is 0.467. The highest BCUT2D eigenvalue weighted by molar-refractivity contribution is 5.90. The maximum Gasteiger partial charge on any atom is 0.321 e. The molecule has 7 heteroatoms. The minimum absolute atomic E-state index is 0.0758. The zero-order valence-electron chi connectivity index (χ0n) is 11.8. The molecule has 1 saturated heterocycles. The van der Waals surface area contributed by atoms with Crippen LogP contribution in [0, 0.1) is 23.0 Å². The van der Waals surface area contributed by atoms with Crippen LogP contribution in [-0.2, 0) is 4.79 Å². The number of aliphatic carboxylic acids is 1. The molecule has 3 rings (SSSR count). The van der Waals surface area contributed by atoms with Crippen LogP contribution >= 0.6 is 0 Å². The molecule has 0 bridgehead atoms. The van der Waals surface area contributed by atoms with Gasteiger partial charge in [-0.05, 0) is 30.9 Å². The van der Waals surface area contributed by atoms with Crippen LogP contribution in [0.5, 0.6) is 0 Å². The highest BCUT2D eigenvalue weighted by atomic mass is 19.1. The molecular formula is C15H16F2N2O3. The number of benzene rings is 1. The topological polar surface area (TPSA) is 69.6 Å². The number of carboxylic acid groups (broad SMARTS) is 1. The third-order valence-corrected chi connectivity index (χ3v) is 4.75. The van der Waals surface area contributed by atoms with E-state index in [9.17, 15) is 23.5 Å². The van der Waals surface area contributed by atoms with Gasteiger partial charge in [0.1, 0.15) is 11.6 Å². The summed E-state index contributed by atoms with van der Waals surface area (Å²) >= 11 is 0. The normalized spacial score (nSPS) is 26.8. The van der Waals surface area contributed by atoms with E-state index in [2.05, 4.69) is 5.32 Å². The third-order valence-electron chi connectivity index (χ3n) is 4.75. The molecule has 2 aliphatic rings. The fourth-order valence-electron chi connectivity index (χ4n) is 3.58. The lowest BCUT2D eigenvalue weighted by molar-refractivity contribution is -0.149. The summed E-state index contributed by atoms with van der Waals surface area (Å²) in [6.07, 6.45) is 2.15. The Hall–Kier alpha value is -2.18. The maximum atomic E-state index is 13.6. The SMILES string of the molecule is O=C(Nc1cc(F)ccc1F)N1C[C@@H]2CCC[C@@]2(C(=O)O)C1. The second kappa shape index (κ2) is 5.23. The van der Waals surface area contributed by atoms with Crippen molar-refractivity contribution in [1.29, 1.82) is 0 Å². The molecule has 1 aromatic rings. The molecule has 1 aliphatic carbocycles. The van der Waals surface area contributed by atoms with Crippen molar-refractivity contribution < 1.29 is 23.5 Å². The molecule has 0 spiro atoms. The van der Waals surface area contributed by atoms with Crippen molar-refractivity contribution in [3.63, 3.8) is 0 Å². The number of hydrogen-bond acceptors (Lipinski definition) is 2. The first kappa shape index (κ1) is 14.7. The summed E-state index contributed by atoms with van der Waals surface area (Å²) in [6.45, 7) is 0.435. The van der Waals surface area contributed by atoms with Crippen molar-refractivity contribution in [3.05, 3.63) is 29.8 Å². The molecule has 2 amide bonds.